The molecular formula is C10H20O3S. The number of rotatable bonds is 7. The van der Waals surface area contributed by atoms with Gasteiger partial charge in [-0.05, 0) is 20.3 Å². The van der Waals surface area contributed by atoms with Crippen molar-refractivity contribution in [2.24, 2.45) is 0 Å². The summed E-state index contributed by atoms with van der Waals surface area (Å²) in [5.74, 6) is 0.209. The molecule has 0 fully saturated rings. The van der Waals surface area contributed by atoms with Crippen LogP contribution < -0.4 is 0 Å². The van der Waals surface area contributed by atoms with Gasteiger partial charge in [-0.15, -0.1) is 0 Å². The number of hydrogen-bond acceptors (Lipinski definition) is 3. The lowest BCUT2D eigenvalue weighted by Gasteiger charge is -2.13. The van der Waals surface area contributed by atoms with Crippen molar-refractivity contribution in [2.75, 3.05) is 12.4 Å². The molecule has 0 aromatic heterocycles. The van der Waals surface area contributed by atoms with E-state index in [9.17, 15) is 8.42 Å². The van der Waals surface area contributed by atoms with Crippen molar-refractivity contribution in [1.82, 2.24) is 0 Å². The van der Waals surface area contributed by atoms with E-state index in [0.717, 1.165) is 12.0 Å². The highest BCUT2D eigenvalue weighted by atomic mass is 32.2. The Kier molecular flexibility index (Phi) is 6.04. The molecule has 0 amide bonds. The second kappa shape index (κ2) is 6.19. The highest BCUT2D eigenvalue weighted by Gasteiger charge is 2.20. The summed E-state index contributed by atoms with van der Waals surface area (Å²) in [4.78, 5) is 0. The zero-order valence-electron chi connectivity index (χ0n) is 9.25. The Morgan fingerprint density at radius 2 is 2.07 bits per heavy atom. The van der Waals surface area contributed by atoms with Crippen LogP contribution in [0.5, 0.6) is 0 Å². The molecule has 0 N–H and O–H groups in total. The normalized spacial score (nSPS) is 13.9. The Labute approximate surface area is 87.1 Å². The molecule has 0 heterocycles. The first-order chi connectivity index (χ1) is 6.40. The summed E-state index contributed by atoms with van der Waals surface area (Å²) < 4.78 is 28.3. The SMILES string of the molecule is C=C(C)COC(C)S(=O)(=O)CCCC. The van der Waals surface area contributed by atoms with Crippen molar-refractivity contribution < 1.29 is 13.2 Å². The third kappa shape index (κ3) is 5.40. The third-order valence-electron chi connectivity index (χ3n) is 1.85. The van der Waals surface area contributed by atoms with Crippen molar-refractivity contribution in [3.05, 3.63) is 12.2 Å². The molecule has 0 aromatic rings. The zero-order chi connectivity index (χ0) is 11.2. The maximum absolute atomic E-state index is 11.5. The summed E-state index contributed by atoms with van der Waals surface area (Å²) in [7, 11) is -3.08. The first-order valence-corrected chi connectivity index (χ1v) is 6.59. The van der Waals surface area contributed by atoms with Crippen LogP contribution in [0.2, 0.25) is 0 Å². The second-order valence-corrected chi connectivity index (χ2v) is 5.95. The fraction of sp³-hybridized carbons (Fsp3) is 0.800. The van der Waals surface area contributed by atoms with Crippen molar-refractivity contribution in [1.29, 1.82) is 0 Å². The lowest BCUT2D eigenvalue weighted by molar-refractivity contribution is 0.138. The van der Waals surface area contributed by atoms with E-state index in [0.29, 0.717) is 13.0 Å². The van der Waals surface area contributed by atoms with Crippen molar-refractivity contribution in [3.8, 4) is 0 Å². The van der Waals surface area contributed by atoms with Crippen LogP contribution in [-0.2, 0) is 14.6 Å². The van der Waals surface area contributed by atoms with Gasteiger partial charge in [-0.3, -0.25) is 0 Å². The van der Waals surface area contributed by atoms with Gasteiger partial charge in [0, 0.05) is 0 Å². The van der Waals surface area contributed by atoms with Crippen LogP contribution in [0.25, 0.3) is 0 Å². The number of hydrogen-bond donors (Lipinski definition) is 0. The standard InChI is InChI=1S/C10H20O3S/c1-5-6-7-14(11,12)10(4)13-8-9(2)3/h10H,2,5-8H2,1,3-4H3. The first-order valence-electron chi connectivity index (χ1n) is 4.87. The van der Waals surface area contributed by atoms with Crippen LogP contribution in [0, 0.1) is 0 Å². The van der Waals surface area contributed by atoms with Crippen LogP contribution in [0.1, 0.15) is 33.6 Å². The molecule has 1 atom stereocenters. The van der Waals surface area contributed by atoms with Crippen molar-refractivity contribution >= 4 is 9.84 Å². The lowest BCUT2D eigenvalue weighted by Crippen LogP contribution is -2.24. The molecule has 14 heavy (non-hydrogen) atoms. The summed E-state index contributed by atoms with van der Waals surface area (Å²) in [6.45, 7) is 9.32. The largest absolute Gasteiger partial charge is 0.358 e. The van der Waals surface area contributed by atoms with Gasteiger partial charge in [0.05, 0.1) is 12.4 Å². The van der Waals surface area contributed by atoms with E-state index in [1.807, 2.05) is 13.8 Å². The molecule has 0 aromatic carbocycles. The minimum Gasteiger partial charge on any atom is -0.358 e. The summed E-state index contributed by atoms with van der Waals surface area (Å²) in [6.07, 6.45) is 1.58. The van der Waals surface area contributed by atoms with Crippen molar-refractivity contribution in [2.45, 2.75) is 39.0 Å². The van der Waals surface area contributed by atoms with Gasteiger partial charge in [0.25, 0.3) is 0 Å². The Balaban J connectivity index is 4.08. The van der Waals surface area contributed by atoms with E-state index < -0.39 is 15.3 Å². The molecule has 0 saturated carbocycles. The molecule has 0 aliphatic rings. The average Bonchev–Trinajstić information content (AvgIpc) is 2.10. The molecule has 0 bridgehead atoms. The van der Waals surface area contributed by atoms with E-state index in [-0.39, 0.29) is 5.75 Å². The van der Waals surface area contributed by atoms with Crippen LogP contribution >= 0.6 is 0 Å². The predicted octanol–water partition coefficient (Wildman–Crippen LogP) is 2.14. The van der Waals surface area contributed by atoms with Gasteiger partial charge >= 0.3 is 0 Å². The van der Waals surface area contributed by atoms with Crippen molar-refractivity contribution in [3.63, 3.8) is 0 Å². The second-order valence-electron chi connectivity index (χ2n) is 3.56. The minimum atomic E-state index is -3.08. The van der Waals surface area contributed by atoms with Crippen LogP contribution in [0.3, 0.4) is 0 Å². The van der Waals surface area contributed by atoms with Crippen LogP contribution in [-0.4, -0.2) is 26.2 Å². The van der Waals surface area contributed by atoms with Gasteiger partial charge in [-0.25, -0.2) is 8.42 Å². The van der Waals surface area contributed by atoms with Gasteiger partial charge in [0.2, 0.25) is 0 Å². The third-order valence-corrected chi connectivity index (χ3v) is 3.86. The smallest absolute Gasteiger partial charge is 0.176 e. The summed E-state index contributed by atoms with van der Waals surface area (Å²) in [6, 6.07) is 0. The molecule has 0 spiro atoms. The molecular weight excluding hydrogens is 200 g/mol. The molecule has 0 radical (unpaired) electrons. The Hall–Kier alpha value is -0.350. The molecule has 84 valence electrons. The first kappa shape index (κ1) is 13.7. The zero-order valence-corrected chi connectivity index (χ0v) is 10.1. The molecule has 0 saturated heterocycles. The van der Waals surface area contributed by atoms with Gasteiger partial charge < -0.3 is 4.74 Å². The average molecular weight is 220 g/mol. The van der Waals surface area contributed by atoms with E-state index in [2.05, 4.69) is 6.58 Å². The van der Waals surface area contributed by atoms with E-state index in [4.69, 9.17) is 4.74 Å². The Morgan fingerprint density at radius 3 is 2.50 bits per heavy atom. The summed E-state index contributed by atoms with van der Waals surface area (Å²) >= 11 is 0. The maximum Gasteiger partial charge on any atom is 0.176 e. The Morgan fingerprint density at radius 1 is 1.50 bits per heavy atom. The lowest BCUT2D eigenvalue weighted by atomic mass is 10.4. The number of ether oxygens (including phenoxy) is 1. The number of unbranched alkanes of at least 4 members (excludes halogenated alkanes) is 1. The highest BCUT2D eigenvalue weighted by Crippen LogP contribution is 2.07. The highest BCUT2D eigenvalue weighted by molar-refractivity contribution is 7.91. The molecule has 0 aliphatic carbocycles. The van der Waals surface area contributed by atoms with E-state index in [1.165, 1.54) is 0 Å². The molecule has 1 unspecified atom stereocenters. The van der Waals surface area contributed by atoms with Gasteiger partial charge in [0.1, 0.15) is 0 Å². The van der Waals surface area contributed by atoms with Crippen LogP contribution in [0.4, 0.5) is 0 Å². The van der Waals surface area contributed by atoms with Gasteiger partial charge in [-0.2, -0.15) is 0 Å². The fourth-order valence-corrected chi connectivity index (χ4v) is 2.17. The topological polar surface area (TPSA) is 43.4 Å². The summed E-state index contributed by atoms with van der Waals surface area (Å²) in [5.41, 5.74) is 0.119. The molecule has 0 rings (SSSR count). The maximum atomic E-state index is 11.5. The van der Waals surface area contributed by atoms with E-state index >= 15 is 0 Å². The fourth-order valence-electron chi connectivity index (χ4n) is 0.875. The predicted molar refractivity (Wildman–Crippen MR) is 58.9 cm³/mol. The van der Waals surface area contributed by atoms with E-state index in [1.54, 1.807) is 6.92 Å². The monoisotopic (exact) mass is 220 g/mol. The quantitative estimate of drug-likeness (QED) is 0.617. The summed E-state index contributed by atoms with van der Waals surface area (Å²) in [5, 5.41) is 0. The molecule has 4 heteroatoms. The van der Waals surface area contributed by atoms with Gasteiger partial charge in [0.15, 0.2) is 15.3 Å². The van der Waals surface area contributed by atoms with Gasteiger partial charge in [-0.1, -0.05) is 25.5 Å². The minimum absolute atomic E-state index is 0.209. The molecule has 3 nitrogen and oxygen atoms in total. The Bertz CT molecular complexity index is 267. The number of sulfone groups is 1. The molecule has 0 aliphatic heterocycles. The van der Waals surface area contributed by atoms with Crippen LogP contribution in [0.15, 0.2) is 12.2 Å².